The van der Waals surface area contributed by atoms with Crippen molar-refractivity contribution >= 4 is 5.95 Å². The summed E-state index contributed by atoms with van der Waals surface area (Å²) in [5.74, 6) is 0.594. The van der Waals surface area contributed by atoms with Crippen LogP contribution in [0.2, 0.25) is 0 Å². The second-order valence-electron chi connectivity index (χ2n) is 8.07. The molecule has 0 spiro atoms. The molecule has 1 aliphatic rings. The van der Waals surface area contributed by atoms with E-state index >= 15 is 0 Å². The number of imidazole rings is 1. The highest BCUT2D eigenvalue weighted by Crippen LogP contribution is 2.35. The maximum Gasteiger partial charge on any atom is 0.223 e. The third-order valence-electron chi connectivity index (χ3n) is 4.75. The molecule has 8 nitrogen and oxygen atoms in total. The summed E-state index contributed by atoms with van der Waals surface area (Å²) in [6.07, 6.45) is 1.34. The van der Waals surface area contributed by atoms with Crippen LogP contribution in [0.25, 0.3) is 22.6 Å². The van der Waals surface area contributed by atoms with Gasteiger partial charge >= 0.3 is 0 Å². The lowest BCUT2D eigenvalue weighted by molar-refractivity contribution is -0.229. The molecule has 0 atom stereocenters. The van der Waals surface area contributed by atoms with Crippen molar-refractivity contribution in [2.75, 3.05) is 25.1 Å². The second-order valence-corrected chi connectivity index (χ2v) is 8.07. The molecule has 31 heavy (non-hydrogen) atoms. The Morgan fingerprint density at radius 2 is 1.94 bits per heavy atom. The quantitative estimate of drug-likeness (QED) is 0.576. The molecule has 4 rings (SSSR count). The Bertz CT molecular complexity index is 1080. The summed E-state index contributed by atoms with van der Waals surface area (Å²) < 4.78 is 25.2. The number of benzene rings is 1. The summed E-state index contributed by atoms with van der Waals surface area (Å²) in [5.41, 5.74) is 2.51. The van der Waals surface area contributed by atoms with E-state index in [0.717, 1.165) is 5.56 Å². The molecule has 0 unspecified atom stereocenters. The summed E-state index contributed by atoms with van der Waals surface area (Å²) in [4.78, 5) is 16.7. The lowest BCUT2D eigenvalue weighted by atomic mass is 9.96. The van der Waals surface area contributed by atoms with Crippen molar-refractivity contribution in [2.45, 2.75) is 26.6 Å². The minimum Gasteiger partial charge on any atom is -0.353 e. The molecule has 2 aromatic heterocycles. The first-order chi connectivity index (χ1) is 14.9. The Kier molecular flexibility index (Phi) is 5.93. The average molecular weight is 422 g/mol. The van der Waals surface area contributed by atoms with Crippen LogP contribution in [0.3, 0.4) is 0 Å². The Morgan fingerprint density at radius 1 is 1.19 bits per heavy atom. The number of H-pyrrole nitrogens is 1. The fraction of sp³-hybridized carbons (Fsp3) is 0.364. The monoisotopic (exact) mass is 422 g/mol. The number of halogens is 1. The van der Waals surface area contributed by atoms with Crippen LogP contribution in [0.5, 0.6) is 0 Å². The zero-order chi connectivity index (χ0) is 21.8. The average Bonchev–Trinajstić information content (AvgIpc) is 3.20. The third-order valence-corrected chi connectivity index (χ3v) is 4.75. The van der Waals surface area contributed by atoms with Gasteiger partial charge in [0.2, 0.25) is 12.2 Å². The van der Waals surface area contributed by atoms with E-state index in [9.17, 15) is 4.39 Å². The summed E-state index contributed by atoms with van der Waals surface area (Å²) in [7, 11) is 0. The molecule has 2 N–H and O–H groups in total. The lowest BCUT2D eigenvalue weighted by Gasteiger charge is -2.33. The SMILES string of the molecule is CC1(C)COC(c2nc(-c3ccc(F)cc3)c(-c3ccnc(NCCC#N)n3)[nH]2)OC1. The van der Waals surface area contributed by atoms with Crippen molar-refractivity contribution in [2.24, 2.45) is 5.41 Å². The van der Waals surface area contributed by atoms with Gasteiger partial charge in [-0.2, -0.15) is 5.26 Å². The van der Waals surface area contributed by atoms with Gasteiger partial charge in [-0.05, 0) is 30.3 Å². The number of rotatable bonds is 6. The van der Waals surface area contributed by atoms with Crippen molar-refractivity contribution in [3.05, 3.63) is 48.2 Å². The highest BCUT2D eigenvalue weighted by atomic mass is 19.1. The van der Waals surface area contributed by atoms with Crippen LogP contribution in [0.4, 0.5) is 10.3 Å². The first-order valence-electron chi connectivity index (χ1n) is 9.98. The smallest absolute Gasteiger partial charge is 0.223 e. The zero-order valence-electron chi connectivity index (χ0n) is 17.4. The van der Waals surface area contributed by atoms with Crippen LogP contribution >= 0.6 is 0 Å². The summed E-state index contributed by atoms with van der Waals surface area (Å²) in [5, 5.41) is 11.7. The van der Waals surface area contributed by atoms with E-state index in [1.807, 2.05) is 0 Å². The van der Waals surface area contributed by atoms with Crippen molar-refractivity contribution < 1.29 is 13.9 Å². The number of nitriles is 1. The summed E-state index contributed by atoms with van der Waals surface area (Å²) in [6, 6.07) is 9.93. The molecule has 0 amide bonds. The summed E-state index contributed by atoms with van der Waals surface area (Å²) in [6.45, 7) is 5.67. The van der Waals surface area contributed by atoms with E-state index in [1.165, 1.54) is 12.1 Å². The number of nitrogens with zero attached hydrogens (tertiary/aromatic N) is 4. The van der Waals surface area contributed by atoms with Crippen LogP contribution in [0.1, 0.15) is 32.4 Å². The maximum atomic E-state index is 13.5. The summed E-state index contributed by atoms with van der Waals surface area (Å²) >= 11 is 0. The van der Waals surface area contributed by atoms with Gasteiger partial charge in [0.15, 0.2) is 5.82 Å². The van der Waals surface area contributed by atoms with E-state index < -0.39 is 6.29 Å². The van der Waals surface area contributed by atoms with E-state index in [2.05, 4.69) is 40.2 Å². The van der Waals surface area contributed by atoms with Gasteiger partial charge in [-0.25, -0.2) is 19.3 Å². The fourth-order valence-electron chi connectivity index (χ4n) is 3.17. The van der Waals surface area contributed by atoms with Crippen LogP contribution in [0, 0.1) is 22.6 Å². The van der Waals surface area contributed by atoms with Crippen molar-refractivity contribution in [3.8, 4) is 28.7 Å². The van der Waals surface area contributed by atoms with Crippen molar-refractivity contribution in [3.63, 3.8) is 0 Å². The van der Waals surface area contributed by atoms with E-state index in [4.69, 9.17) is 19.7 Å². The standard InChI is InChI=1S/C22H23FN6O2/c1-22(2)12-30-20(31-13-22)19-28-17(14-4-6-15(23)7-5-14)18(29-19)16-8-11-26-21(27-16)25-10-3-9-24/h4-8,11,20H,3,10,12-13H2,1-2H3,(H,28,29)(H,25,26,27). The molecule has 1 saturated heterocycles. The van der Waals surface area contributed by atoms with Gasteiger partial charge in [0.1, 0.15) is 5.82 Å². The van der Waals surface area contributed by atoms with E-state index in [1.54, 1.807) is 24.4 Å². The number of hydrogen-bond donors (Lipinski definition) is 2. The maximum absolute atomic E-state index is 13.5. The van der Waals surface area contributed by atoms with Gasteiger partial charge < -0.3 is 19.8 Å². The molecule has 0 saturated carbocycles. The Labute approximate surface area is 179 Å². The van der Waals surface area contributed by atoms with E-state index in [-0.39, 0.29) is 11.2 Å². The molecule has 1 aliphatic heterocycles. The molecule has 9 heteroatoms. The van der Waals surface area contributed by atoms with Crippen molar-refractivity contribution in [1.82, 2.24) is 19.9 Å². The normalized spacial score (nSPS) is 16.1. The Morgan fingerprint density at radius 3 is 2.65 bits per heavy atom. The molecule has 0 aliphatic carbocycles. The predicted octanol–water partition coefficient (Wildman–Crippen LogP) is 4.07. The Hall–Kier alpha value is -3.35. The zero-order valence-corrected chi connectivity index (χ0v) is 17.4. The number of hydrogen-bond acceptors (Lipinski definition) is 7. The van der Waals surface area contributed by atoms with Crippen molar-refractivity contribution in [1.29, 1.82) is 5.26 Å². The molecule has 0 radical (unpaired) electrons. The molecular formula is C22H23FN6O2. The largest absolute Gasteiger partial charge is 0.353 e. The van der Waals surface area contributed by atoms with Gasteiger partial charge in [-0.3, -0.25) is 0 Å². The van der Waals surface area contributed by atoms with Crippen LogP contribution in [-0.4, -0.2) is 39.7 Å². The lowest BCUT2D eigenvalue weighted by Crippen LogP contribution is -2.34. The topological polar surface area (TPSA) is 109 Å². The number of ether oxygens (including phenoxy) is 2. The van der Waals surface area contributed by atoms with Crippen LogP contribution < -0.4 is 5.32 Å². The minimum absolute atomic E-state index is 0.0671. The van der Waals surface area contributed by atoms with Crippen LogP contribution in [-0.2, 0) is 9.47 Å². The molecule has 160 valence electrons. The Balaban J connectivity index is 1.70. The first-order valence-corrected chi connectivity index (χ1v) is 9.98. The number of aromatic amines is 1. The minimum atomic E-state index is -0.629. The number of aromatic nitrogens is 4. The highest BCUT2D eigenvalue weighted by Gasteiger charge is 2.32. The van der Waals surface area contributed by atoms with Gasteiger partial charge in [0.05, 0.1) is 42.8 Å². The van der Waals surface area contributed by atoms with Gasteiger partial charge in [-0.1, -0.05) is 13.8 Å². The fourth-order valence-corrected chi connectivity index (χ4v) is 3.17. The number of anilines is 1. The molecule has 3 heterocycles. The van der Waals surface area contributed by atoms with Gasteiger partial charge in [-0.15, -0.1) is 0 Å². The van der Waals surface area contributed by atoms with E-state index in [0.29, 0.717) is 55.0 Å². The molecule has 3 aromatic rings. The second kappa shape index (κ2) is 8.79. The molecule has 1 aromatic carbocycles. The number of nitrogens with one attached hydrogen (secondary N) is 2. The van der Waals surface area contributed by atoms with Crippen LogP contribution in [0.15, 0.2) is 36.5 Å². The molecular weight excluding hydrogens is 399 g/mol. The van der Waals surface area contributed by atoms with Gasteiger partial charge in [0, 0.05) is 23.7 Å². The molecule has 1 fully saturated rings. The van der Waals surface area contributed by atoms with Gasteiger partial charge in [0.25, 0.3) is 0 Å². The predicted molar refractivity (Wildman–Crippen MR) is 112 cm³/mol. The third kappa shape index (κ3) is 4.87. The first kappa shape index (κ1) is 20.9. The molecule has 0 bridgehead atoms. The highest BCUT2D eigenvalue weighted by molar-refractivity contribution is 5.77.